The van der Waals surface area contributed by atoms with Crippen LogP contribution in [0.5, 0.6) is 11.5 Å². The van der Waals surface area contributed by atoms with Gasteiger partial charge in [-0.05, 0) is 59.4 Å². The third-order valence-corrected chi connectivity index (χ3v) is 5.67. The molecule has 2 aromatic carbocycles. The first-order chi connectivity index (χ1) is 15.5. The second kappa shape index (κ2) is 9.05. The highest BCUT2D eigenvalue weighted by molar-refractivity contribution is 5.78. The van der Waals surface area contributed by atoms with Crippen LogP contribution in [0.2, 0.25) is 0 Å². The predicted octanol–water partition coefficient (Wildman–Crippen LogP) is 2.98. The number of benzene rings is 2. The summed E-state index contributed by atoms with van der Waals surface area (Å²) in [5.74, 6) is 1.39. The highest BCUT2D eigenvalue weighted by Gasteiger charge is 2.21. The molecule has 166 valence electrons. The van der Waals surface area contributed by atoms with Gasteiger partial charge in [-0.2, -0.15) is 0 Å². The molecule has 0 saturated carbocycles. The highest BCUT2D eigenvalue weighted by Crippen LogP contribution is 2.33. The molecular weight excluding hydrogens is 408 g/mol. The number of rotatable bonds is 6. The van der Waals surface area contributed by atoms with Crippen LogP contribution >= 0.6 is 0 Å². The molecule has 32 heavy (non-hydrogen) atoms. The molecule has 1 aliphatic rings. The molecule has 0 spiro atoms. The Hall–Kier alpha value is -3.94. The molecule has 3 aromatic rings. The van der Waals surface area contributed by atoms with Gasteiger partial charge in [0.1, 0.15) is 11.5 Å². The Bertz CT molecular complexity index is 1200. The Morgan fingerprint density at radius 3 is 2.50 bits per heavy atom. The van der Waals surface area contributed by atoms with Crippen LogP contribution < -0.4 is 31.5 Å². The summed E-state index contributed by atoms with van der Waals surface area (Å²) in [6.45, 7) is 0.674. The quantitative estimate of drug-likeness (QED) is 0.515. The van der Waals surface area contributed by atoms with Crippen LogP contribution in [0.4, 0.5) is 11.4 Å². The molecule has 8 nitrogen and oxygen atoms in total. The SMILES string of the molecule is COc1cc(-c2ccn(Nc3ccc(C4CCNC(=O)C4)cc3OC)c(=O)c2)ccc1N. The first-order valence-corrected chi connectivity index (χ1v) is 10.4. The highest BCUT2D eigenvalue weighted by atomic mass is 16.5. The number of hydrogen-bond donors (Lipinski definition) is 3. The summed E-state index contributed by atoms with van der Waals surface area (Å²) in [5.41, 5.74) is 12.6. The summed E-state index contributed by atoms with van der Waals surface area (Å²) in [5, 5.41) is 2.85. The molecule has 1 atom stereocenters. The smallest absolute Gasteiger partial charge is 0.269 e. The fourth-order valence-corrected chi connectivity index (χ4v) is 3.89. The van der Waals surface area contributed by atoms with E-state index in [9.17, 15) is 9.59 Å². The van der Waals surface area contributed by atoms with E-state index in [0.29, 0.717) is 35.8 Å². The Labute approximate surface area is 185 Å². The van der Waals surface area contributed by atoms with Crippen molar-refractivity contribution in [3.63, 3.8) is 0 Å². The van der Waals surface area contributed by atoms with Gasteiger partial charge in [-0.15, -0.1) is 0 Å². The van der Waals surface area contributed by atoms with Gasteiger partial charge in [0.25, 0.3) is 5.56 Å². The summed E-state index contributed by atoms with van der Waals surface area (Å²) >= 11 is 0. The van der Waals surface area contributed by atoms with Crippen molar-refractivity contribution in [1.29, 1.82) is 0 Å². The van der Waals surface area contributed by atoms with Crippen molar-refractivity contribution in [2.45, 2.75) is 18.8 Å². The molecule has 1 fully saturated rings. The van der Waals surface area contributed by atoms with Gasteiger partial charge in [-0.1, -0.05) is 12.1 Å². The Kier molecular flexibility index (Phi) is 6.02. The van der Waals surface area contributed by atoms with Crippen LogP contribution in [0.1, 0.15) is 24.3 Å². The number of hydrogen-bond acceptors (Lipinski definition) is 6. The molecule has 4 N–H and O–H groups in total. The fraction of sp³-hybridized carbons (Fsp3) is 0.250. The lowest BCUT2D eigenvalue weighted by molar-refractivity contribution is -0.122. The van der Waals surface area contributed by atoms with Crippen molar-refractivity contribution in [3.05, 3.63) is 70.6 Å². The van der Waals surface area contributed by atoms with E-state index in [1.807, 2.05) is 30.3 Å². The first-order valence-electron chi connectivity index (χ1n) is 10.4. The van der Waals surface area contributed by atoms with E-state index in [4.69, 9.17) is 15.2 Å². The number of ether oxygens (including phenoxy) is 2. The number of nitrogens with two attached hydrogens (primary N) is 1. The lowest BCUT2D eigenvalue weighted by Crippen LogP contribution is -2.32. The average Bonchev–Trinajstić information content (AvgIpc) is 2.81. The van der Waals surface area contributed by atoms with Gasteiger partial charge in [0.15, 0.2) is 0 Å². The van der Waals surface area contributed by atoms with Gasteiger partial charge in [0.2, 0.25) is 5.91 Å². The van der Waals surface area contributed by atoms with E-state index in [-0.39, 0.29) is 17.4 Å². The summed E-state index contributed by atoms with van der Waals surface area (Å²) in [6.07, 6.45) is 3.02. The van der Waals surface area contributed by atoms with E-state index in [0.717, 1.165) is 23.1 Å². The summed E-state index contributed by atoms with van der Waals surface area (Å²) in [6, 6.07) is 14.5. The molecule has 1 amide bonds. The second-order valence-electron chi connectivity index (χ2n) is 7.69. The van der Waals surface area contributed by atoms with Crippen molar-refractivity contribution >= 4 is 17.3 Å². The number of nitrogens with zero attached hydrogens (tertiary/aromatic N) is 1. The third-order valence-electron chi connectivity index (χ3n) is 5.67. The molecule has 4 rings (SSSR count). The normalized spacial score (nSPS) is 15.7. The largest absolute Gasteiger partial charge is 0.495 e. The number of pyridine rings is 1. The van der Waals surface area contributed by atoms with E-state index in [1.165, 1.54) is 4.68 Å². The Balaban J connectivity index is 1.57. The molecule has 0 bridgehead atoms. The number of amides is 1. The monoisotopic (exact) mass is 434 g/mol. The zero-order valence-electron chi connectivity index (χ0n) is 18.1. The molecule has 1 aliphatic heterocycles. The lowest BCUT2D eigenvalue weighted by Gasteiger charge is -2.23. The number of nitrogen functional groups attached to an aromatic ring is 1. The van der Waals surface area contributed by atoms with E-state index in [2.05, 4.69) is 10.7 Å². The maximum absolute atomic E-state index is 12.7. The van der Waals surface area contributed by atoms with Gasteiger partial charge in [-0.25, -0.2) is 4.68 Å². The number of aromatic nitrogens is 1. The molecule has 1 saturated heterocycles. The number of carbonyl (C=O) groups is 1. The maximum Gasteiger partial charge on any atom is 0.269 e. The zero-order valence-corrected chi connectivity index (χ0v) is 18.1. The minimum atomic E-state index is -0.228. The van der Waals surface area contributed by atoms with Crippen molar-refractivity contribution < 1.29 is 14.3 Å². The van der Waals surface area contributed by atoms with Crippen LogP contribution in [0, 0.1) is 0 Å². The zero-order chi connectivity index (χ0) is 22.7. The van der Waals surface area contributed by atoms with Gasteiger partial charge >= 0.3 is 0 Å². The standard InChI is InChI=1S/C24H26N4O4/c1-31-21-11-15(3-5-19(21)25)18-8-10-28(24(30)14-18)27-20-6-4-16(12-22(20)32-2)17-7-9-26-23(29)13-17/h3-6,8,10-12,14,17,27H,7,9,13,25H2,1-2H3,(H,26,29). The van der Waals surface area contributed by atoms with Gasteiger partial charge in [0, 0.05) is 25.2 Å². The first kappa shape index (κ1) is 21.3. The Morgan fingerprint density at radius 1 is 1.00 bits per heavy atom. The van der Waals surface area contributed by atoms with Gasteiger partial charge in [0.05, 0.1) is 25.6 Å². The van der Waals surface area contributed by atoms with E-state index >= 15 is 0 Å². The number of carbonyl (C=O) groups excluding carboxylic acids is 1. The summed E-state index contributed by atoms with van der Waals surface area (Å²) < 4.78 is 12.2. The molecule has 0 aliphatic carbocycles. The van der Waals surface area contributed by atoms with Crippen LogP contribution in [-0.4, -0.2) is 31.3 Å². The minimum absolute atomic E-state index is 0.0628. The molecule has 0 radical (unpaired) electrons. The third kappa shape index (κ3) is 4.39. The van der Waals surface area contributed by atoms with Crippen molar-refractivity contribution in [3.8, 4) is 22.6 Å². The minimum Gasteiger partial charge on any atom is -0.495 e. The van der Waals surface area contributed by atoms with Crippen molar-refractivity contribution in [2.75, 3.05) is 31.9 Å². The summed E-state index contributed by atoms with van der Waals surface area (Å²) in [4.78, 5) is 24.5. The average molecular weight is 434 g/mol. The number of nitrogens with one attached hydrogen (secondary N) is 2. The van der Waals surface area contributed by atoms with Crippen LogP contribution in [0.15, 0.2) is 59.5 Å². The van der Waals surface area contributed by atoms with Crippen LogP contribution in [0.3, 0.4) is 0 Å². The van der Waals surface area contributed by atoms with E-state index in [1.54, 1.807) is 38.6 Å². The van der Waals surface area contributed by atoms with Gasteiger partial charge in [-0.3, -0.25) is 15.0 Å². The predicted molar refractivity (Wildman–Crippen MR) is 124 cm³/mol. The maximum atomic E-state index is 12.7. The molecule has 1 aromatic heterocycles. The van der Waals surface area contributed by atoms with E-state index < -0.39 is 0 Å². The van der Waals surface area contributed by atoms with Crippen LogP contribution in [0.25, 0.3) is 11.1 Å². The van der Waals surface area contributed by atoms with Crippen molar-refractivity contribution in [2.24, 2.45) is 0 Å². The Morgan fingerprint density at radius 2 is 1.78 bits per heavy atom. The molecular formula is C24H26N4O4. The van der Waals surface area contributed by atoms with Crippen LogP contribution in [-0.2, 0) is 4.79 Å². The number of methoxy groups -OCH3 is 2. The lowest BCUT2D eigenvalue weighted by atomic mass is 9.89. The molecule has 2 heterocycles. The topological polar surface area (TPSA) is 108 Å². The number of piperidine rings is 1. The molecule has 1 unspecified atom stereocenters. The summed E-state index contributed by atoms with van der Waals surface area (Å²) in [7, 11) is 3.14. The second-order valence-corrected chi connectivity index (χ2v) is 7.69. The van der Waals surface area contributed by atoms with Crippen molar-refractivity contribution in [1.82, 2.24) is 9.99 Å². The fourth-order valence-electron chi connectivity index (χ4n) is 3.89. The number of anilines is 2. The molecule has 8 heteroatoms. The van der Waals surface area contributed by atoms with Gasteiger partial charge < -0.3 is 20.5 Å².